The molecule has 16 rings (SSSR count). The highest BCUT2D eigenvalue weighted by Crippen LogP contribution is 2.43. The fraction of sp³-hybridized carbons (Fsp3) is 0.140. The van der Waals surface area contributed by atoms with Crippen molar-refractivity contribution >= 4 is 97.0 Å². The summed E-state index contributed by atoms with van der Waals surface area (Å²) in [4.78, 5) is 0. The van der Waals surface area contributed by atoms with E-state index in [1.54, 1.807) is 0 Å². The minimum absolute atomic E-state index is 0.182. The van der Waals surface area contributed by atoms with Gasteiger partial charge < -0.3 is 0 Å². The highest BCUT2D eigenvalue weighted by Gasteiger charge is 2.21. The average molecular weight is 1270 g/mol. The molecule has 0 spiro atoms. The average Bonchev–Trinajstić information content (AvgIpc) is 0.741. The summed E-state index contributed by atoms with van der Waals surface area (Å²) in [5.41, 5.74) is 20.6. The first-order valence-electron chi connectivity index (χ1n) is 34.4. The van der Waals surface area contributed by atoms with Gasteiger partial charge in [-0.15, -0.1) is 6.42 Å². The Morgan fingerprint density at radius 3 is 0.630 bits per heavy atom. The van der Waals surface area contributed by atoms with Gasteiger partial charge in [0.25, 0.3) is 0 Å². The van der Waals surface area contributed by atoms with Crippen molar-refractivity contribution in [2.24, 2.45) is 0 Å². The molecule has 0 saturated carbocycles. The predicted molar refractivity (Wildman–Crippen MR) is 426 cm³/mol. The van der Waals surface area contributed by atoms with E-state index in [4.69, 9.17) is 6.42 Å². The minimum Gasteiger partial charge on any atom is -0.115 e. The summed E-state index contributed by atoms with van der Waals surface area (Å²) >= 11 is 0. The molecule has 0 N–H and O–H groups in total. The molecule has 470 valence electrons. The van der Waals surface area contributed by atoms with Gasteiger partial charge in [-0.1, -0.05) is 228 Å². The summed E-state index contributed by atoms with van der Waals surface area (Å²) in [6, 6.07) is 72.4. The zero-order chi connectivity index (χ0) is 69.0. The lowest BCUT2D eigenvalue weighted by atomic mass is 9.85. The Balaban J connectivity index is 0.971. The molecule has 1 aliphatic rings. The molecular weight excluding hydrogens is 1200 g/mol. The third-order valence-electron chi connectivity index (χ3n) is 20.3. The van der Waals surface area contributed by atoms with Crippen LogP contribution in [0.4, 0.5) is 0 Å². The largest absolute Gasteiger partial charge is 0.115 e. The Kier molecular flexibility index (Phi) is 15.0. The third-order valence-corrected chi connectivity index (χ3v) is 20.3. The fourth-order valence-electron chi connectivity index (χ4n) is 15.3. The van der Waals surface area contributed by atoms with Crippen molar-refractivity contribution in [1.29, 1.82) is 0 Å². The van der Waals surface area contributed by atoms with Gasteiger partial charge in [-0.3, -0.25) is 0 Å². The second-order valence-electron chi connectivity index (χ2n) is 29.4. The van der Waals surface area contributed by atoms with Crippen molar-refractivity contribution in [3.8, 4) is 83.4 Å². The topological polar surface area (TPSA) is 0 Å². The SMILES string of the molecule is C#Cc1cc2cc(c1)C#Cc1cc3cc(c4cccc(C)c4c3c3c(C)cccc13)C#Cc1cc(cc(C(C)(C)C)c1)C#Cc1cc3cc(c4cccc(C)c4c3c3c(C)cccc13)C#Cc1cc(cc(C(C)(C)C)c1)C#Cc1cc3cc(c4cccc(C)c4c3c3c(C)cccc13)C#C2. The summed E-state index contributed by atoms with van der Waals surface area (Å²) in [5, 5.41) is 20.6. The predicted octanol–water partition coefficient (Wildman–Crippen LogP) is 23.2. The van der Waals surface area contributed by atoms with Gasteiger partial charge >= 0.3 is 0 Å². The molecule has 0 amide bonds. The van der Waals surface area contributed by atoms with E-state index in [1.807, 2.05) is 12.1 Å². The lowest BCUT2D eigenvalue weighted by Crippen LogP contribution is -2.11. The van der Waals surface area contributed by atoms with Crippen LogP contribution in [0, 0.1) is 125 Å². The molecule has 0 heteroatoms. The highest BCUT2D eigenvalue weighted by atomic mass is 14.2. The summed E-state index contributed by atoms with van der Waals surface area (Å²) in [6.07, 6.45) is 6.27. The van der Waals surface area contributed by atoms with Crippen molar-refractivity contribution in [3.63, 3.8) is 0 Å². The molecule has 0 aliphatic heterocycles. The third kappa shape index (κ3) is 11.0. The Morgan fingerprint density at radius 2 is 0.440 bits per heavy atom. The van der Waals surface area contributed by atoms with E-state index in [1.165, 1.54) is 81.9 Å². The molecule has 0 radical (unpaired) electrons. The lowest BCUT2D eigenvalue weighted by Gasteiger charge is -2.19. The van der Waals surface area contributed by atoms with Crippen LogP contribution in [-0.4, -0.2) is 0 Å². The van der Waals surface area contributed by atoms with Gasteiger partial charge in [0, 0.05) is 72.3 Å². The van der Waals surface area contributed by atoms with E-state index in [0.717, 1.165) is 126 Å². The van der Waals surface area contributed by atoms with Gasteiger partial charge in [-0.2, -0.15) is 0 Å². The quantitative estimate of drug-likeness (QED) is 0.105. The number of benzene rings is 15. The van der Waals surface area contributed by atoms with E-state index >= 15 is 0 Å². The van der Waals surface area contributed by atoms with Crippen molar-refractivity contribution in [2.45, 2.75) is 93.9 Å². The maximum atomic E-state index is 6.27. The molecule has 0 unspecified atom stereocenters. The van der Waals surface area contributed by atoms with Crippen molar-refractivity contribution in [1.82, 2.24) is 0 Å². The molecular formula is C100H70. The molecule has 15 aromatic rings. The van der Waals surface area contributed by atoms with E-state index in [-0.39, 0.29) is 10.8 Å². The zero-order valence-electron chi connectivity index (χ0n) is 58.6. The number of hydrogen-bond donors (Lipinski definition) is 0. The van der Waals surface area contributed by atoms with Crippen molar-refractivity contribution in [3.05, 3.63) is 317 Å². The monoisotopic (exact) mass is 1270 g/mol. The van der Waals surface area contributed by atoms with Crippen LogP contribution < -0.4 is 0 Å². The molecule has 0 saturated heterocycles. The second kappa shape index (κ2) is 24.0. The number of rotatable bonds is 0. The van der Waals surface area contributed by atoms with Crippen molar-refractivity contribution in [2.75, 3.05) is 0 Å². The standard InChI is InChI=1S/C100H70/c1-14-66-45-67-33-39-73-54-79-56-75(86-29-17-23-62(4)92(86)96(79)90-60(2)21-15-27-84(73)90)41-35-69-48-71(52-82(50-69)99(8,9)10)37-43-77-58-81-59-78(89-32-20-26-65(7)95(89)98(81)94-64(6)25-19-31-88(77)94)44-38-72-49-70(51-83(53-72)100(11,12)13)36-42-76-57-80-55-74(40-34-68(46-66)47-67)85-28-16-22-61(3)91(85)97(80)93-63(5)24-18-30-87(76)93/h1,15-32,45-59H,2-13H3. The van der Waals surface area contributed by atoms with Gasteiger partial charge in [-0.25, -0.2) is 0 Å². The molecule has 15 aromatic carbocycles. The molecule has 0 aromatic heterocycles. The van der Waals surface area contributed by atoms with Crippen LogP contribution in [0.3, 0.4) is 0 Å². The van der Waals surface area contributed by atoms with Crippen LogP contribution in [0.15, 0.2) is 200 Å². The highest BCUT2D eigenvalue weighted by molar-refractivity contribution is 6.27. The van der Waals surface area contributed by atoms with Gasteiger partial charge in [0.2, 0.25) is 0 Å². The zero-order valence-corrected chi connectivity index (χ0v) is 58.6. The van der Waals surface area contributed by atoms with Crippen LogP contribution in [0.5, 0.6) is 0 Å². The van der Waals surface area contributed by atoms with Crippen molar-refractivity contribution < 1.29 is 0 Å². The van der Waals surface area contributed by atoms with E-state index in [2.05, 4.69) is 348 Å². The fourth-order valence-corrected chi connectivity index (χ4v) is 15.3. The summed E-state index contributed by atoms with van der Waals surface area (Å²) < 4.78 is 0. The number of fused-ring (bicyclic) bond motifs is 30. The Hall–Kier alpha value is -12.4. The van der Waals surface area contributed by atoms with E-state index in [9.17, 15) is 0 Å². The first-order chi connectivity index (χ1) is 48.2. The summed E-state index contributed by atoms with van der Waals surface area (Å²) in [6.45, 7) is 26.8. The summed E-state index contributed by atoms with van der Waals surface area (Å²) in [7, 11) is 0. The molecule has 0 fully saturated rings. The smallest absolute Gasteiger partial charge is 0.0334 e. The first-order valence-corrected chi connectivity index (χ1v) is 34.4. The summed E-state index contributed by atoms with van der Waals surface area (Å²) in [5.74, 6) is 47.3. The van der Waals surface area contributed by atoms with Crippen LogP contribution in [-0.2, 0) is 10.8 Å². The van der Waals surface area contributed by atoms with Gasteiger partial charge in [-0.05, 0) is 285 Å². The van der Waals surface area contributed by atoms with Crippen LogP contribution in [0.25, 0.3) is 97.0 Å². The molecule has 0 nitrogen and oxygen atoms in total. The normalized spacial score (nSPS) is 12.0. The maximum Gasteiger partial charge on any atom is 0.0334 e. The van der Waals surface area contributed by atoms with Gasteiger partial charge in [0.1, 0.15) is 0 Å². The van der Waals surface area contributed by atoms with Crippen LogP contribution in [0.2, 0.25) is 0 Å². The minimum atomic E-state index is -0.182. The van der Waals surface area contributed by atoms with Gasteiger partial charge in [0.15, 0.2) is 0 Å². The van der Waals surface area contributed by atoms with Gasteiger partial charge in [0.05, 0.1) is 0 Å². The molecule has 0 heterocycles. The molecule has 15 bridgehead atoms. The lowest BCUT2D eigenvalue weighted by molar-refractivity contribution is 0.589. The maximum absolute atomic E-state index is 6.27. The number of hydrogen-bond acceptors (Lipinski definition) is 0. The molecule has 100 heavy (non-hydrogen) atoms. The van der Waals surface area contributed by atoms with E-state index in [0.29, 0.717) is 5.56 Å². The second-order valence-corrected chi connectivity index (χ2v) is 29.4. The van der Waals surface area contributed by atoms with E-state index < -0.39 is 0 Å². The van der Waals surface area contributed by atoms with Crippen LogP contribution >= 0.6 is 0 Å². The van der Waals surface area contributed by atoms with Crippen LogP contribution in [0.1, 0.15) is 158 Å². The molecule has 0 atom stereocenters. The Bertz CT molecular complexity index is 6300. The Labute approximate surface area is 587 Å². The number of terminal acetylenes is 1. The first kappa shape index (κ1) is 62.4. The molecule has 1 aliphatic carbocycles. The Morgan fingerprint density at radius 1 is 0.240 bits per heavy atom. The number of aryl methyl sites for hydroxylation is 6.